The van der Waals surface area contributed by atoms with Crippen LogP contribution in [0.5, 0.6) is 0 Å². The molecule has 0 aliphatic rings. The monoisotopic (exact) mass is 549 g/mol. The number of halogens is 1. The van der Waals surface area contributed by atoms with E-state index < -0.39 is 5.97 Å². The number of esters is 1. The van der Waals surface area contributed by atoms with Crippen LogP contribution in [0.4, 0.5) is 9.39 Å². The van der Waals surface area contributed by atoms with Crippen molar-refractivity contribution in [3.05, 3.63) is 83.8 Å². The normalized spacial score (nSPS) is 11.0. The molecule has 5 aromatic rings. The van der Waals surface area contributed by atoms with Gasteiger partial charge in [-0.1, -0.05) is 54.2 Å². The third kappa shape index (κ3) is 5.56. The molecule has 0 unspecified atom stereocenters. The zero-order valence-corrected chi connectivity index (χ0v) is 22.0. The molecule has 0 atom stereocenters. The van der Waals surface area contributed by atoms with Gasteiger partial charge in [-0.15, -0.1) is 22.7 Å². The summed E-state index contributed by atoms with van der Waals surface area (Å²) < 4.78 is 18.6. The summed E-state index contributed by atoms with van der Waals surface area (Å²) in [5.41, 5.74) is 3.01. The van der Waals surface area contributed by atoms with Crippen LogP contribution in [0.2, 0.25) is 0 Å². The molecule has 186 valence electrons. The Bertz CT molecular complexity index is 1570. The quantitative estimate of drug-likeness (QED) is 0.126. The smallest absolute Gasteiger partial charge is 0.341 e. The first-order valence-electron chi connectivity index (χ1n) is 11.3. The lowest BCUT2D eigenvalue weighted by Gasteiger charge is -2.07. The van der Waals surface area contributed by atoms with Gasteiger partial charge in [-0.25, -0.2) is 19.2 Å². The molecule has 0 fully saturated rings. The van der Waals surface area contributed by atoms with Crippen molar-refractivity contribution >= 4 is 61.5 Å². The van der Waals surface area contributed by atoms with Gasteiger partial charge >= 0.3 is 5.97 Å². The molecular weight excluding hydrogens is 530 g/mol. The predicted octanol–water partition coefficient (Wildman–Crippen LogP) is 7.13. The first-order chi connectivity index (χ1) is 18.0. The molecule has 2 aromatic carbocycles. The standard InChI is InChI=1S/C27H20FN3O3S3/c1-2-34-27(33)19-12-21(17-6-4-3-5-7-17)37-24(19)31-22(32)14-36-26-23-20(13-35-25(23)29-15-30-26)16-8-10-18(28)11-9-16/h3-13,15H,2,14H2,1H3,(H,31,32). The van der Waals surface area contributed by atoms with Crippen LogP contribution in [0.15, 0.2) is 77.4 Å². The van der Waals surface area contributed by atoms with Gasteiger partial charge in [0.05, 0.1) is 23.3 Å². The molecule has 0 aliphatic carbocycles. The second kappa shape index (κ2) is 11.2. The molecule has 0 bridgehead atoms. The van der Waals surface area contributed by atoms with Crippen molar-refractivity contribution in [2.24, 2.45) is 0 Å². The number of thiophene rings is 2. The fraction of sp³-hybridized carbons (Fsp3) is 0.111. The number of hydrogen-bond donors (Lipinski definition) is 1. The number of aromatic nitrogens is 2. The molecule has 3 aromatic heterocycles. The molecule has 0 spiro atoms. The molecular formula is C27H20FN3O3S3. The lowest BCUT2D eigenvalue weighted by molar-refractivity contribution is -0.113. The number of nitrogens with zero attached hydrogens (tertiary/aromatic N) is 2. The van der Waals surface area contributed by atoms with Crippen LogP contribution < -0.4 is 5.32 Å². The van der Waals surface area contributed by atoms with Crippen molar-refractivity contribution in [2.75, 3.05) is 17.7 Å². The highest BCUT2D eigenvalue weighted by Gasteiger charge is 2.21. The SMILES string of the molecule is CCOC(=O)c1cc(-c2ccccc2)sc1NC(=O)CSc1ncnc2scc(-c3ccc(F)cc3)c12. The van der Waals surface area contributed by atoms with E-state index in [1.807, 2.05) is 35.7 Å². The average molecular weight is 550 g/mol. The van der Waals surface area contributed by atoms with Gasteiger partial charge < -0.3 is 10.1 Å². The van der Waals surface area contributed by atoms with E-state index >= 15 is 0 Å². The van der Waals surface area contributed by atoms with E-state index in [1.54, 1.807) is 25.1 Å². The van der Waals surface area contributed by atoms with Crippen LogP contribution in [-0.4, -0.2) is 34.2 Å². The number of hydrogen-bond acceptors (Lipinski definition) is 8. The molecule has 1 amide bonds. The van der Waals surface area contributed by atoms with Gasteiger partial charge in [-0.2, -0.15) is 0 Å². The zero-order chi connectivity index (χ0) is 25.8. The Labute approximate surface area is 224 Å². The summed E-state index contributed by atoms with van der Waals surface area (Å²) in [5.74, 6) is -0.992. The van der Waals surface area contributed by atoms with E-state index in [0.717, 1.165) is 31.8 Å². The van der Waals surface area contributed by atoms with Crippen LogP contribution in [0.1, 0.15) is 17.3 Å². The Hall–Kier alpha value is -3.60. The van der Waals surface area contributed by atoms with Gasteiger partial charge in [0.15, 0.2) is 0 Å². The fourth-order valence-corrected chi connectivity index (χ4v) is 6.55. The van der Waals surface area contributed by atoms with E-state index in [4.69, 9.17) is 4.74 Å². The Morgan fingerprint density at radius 3 is 2.59 bits per heavy atom. The molecule has 0 aliphatic heterocycles. The van der Waals surface area contributed by atoms with Gasteiger partial charge in [-0.05, 0) is 36.2 Å². The van der Waals surface area contributed by atoms with E-state index in [1.165, 1.54) is 52.9 Å². The second-order valence-corrected chi connectivity index (χ2v) is 10.7. The Morgan fingerprint density at radius 2 is 1.84 bits per heavy atom. The van der Waals surface area contributed by atoms with Gasteiger partial charge in [-0.3, -0.25) is 4.79 Å². The number of fused-ring (bicyclic) bond motifs is 1. The highest BCUT2D eigenvalue weighted by molar-refractivity contribution is 8.00. The summed E-state index contributed by atoms with van der Waals surface area (Å²) in [6.07, 6.45) is 1.47. The Morgan fingerprint density at radius 1 is 1.05 bits per heavy atom. The summed E-state index contributed by atoms with van der Waals surface area (Å²) in [6.45, 7) is 1.98. The van der Waals surface area contributed by atoms with Gasteiger partial charge in [0.2, 0.25) is 5.91 Å². The minimum Gasteiger partial charge on any atom is -0.462 e. The second-order valence-electron chi connectivity index (χ2n) is 7.79. The van der Waals surface area contributed by atoms with E-state index in [9.17, 15) is 14.0 Å². The molecule has 0 radical (unpaired) electrons. The van der Waals surface area contributed by atoms with Crippen molar-refractivity contribution in [3.8, 4) is 21.6 Å². The van der Waals surface area contributed by atoms with E-state index in [0.29, 0.717) is 15.6 Å². The molecule has 37 heavy (non-hydrogen) atoms. The van der Waals surface area contributed by atoms with Crippen LogP contribution in [0.3, 0.4) is 0 Å². The highest BCUT2D eigenvalue weighted by Crippen LogP contribution is 2.39. The number of anilines is 1. The number of carbonyl (C=O) groups is 2. The lowest BCUT2D eigenvalue weighted by Crippen LogP contribution is -2.16. The van der Waals surface area contributed by atoms with E-state index in [2.05, 4.69) is 15.3 Å². The predicted molar refractivity (Wildman–Crippen MR) is 148 cm³/mol. The van der Waals surface area contributed by atoms with Crippen LogP contribution in [0, 0.1) is 5.82 Å². The number of rotatable bonds is 8. The van der Waals surface area contributed by atoms with Crippen LogP contribution >= 0.6 is 34.4 Å². The Kier molecular flexibility index (Phi) is 7.59. The van der Waals surface area contributed by atoms with Crippen molar-refractivity contribution in [1.29, 1.82) is 0 Å². The number of nitrogens with one attached hydrogen (secondary N) is 1. The third-order valence-electron chi connectivity index (χ3n) is 5.37. The molecule has 1 N–H and O–H groups in total. The van der Waals surface area contributed by atoms with Gasteiger partial charge in [0.25, 0.3) is 0 Å². The molecule has 0 saturated carbocycles. The summed E-state index contributed by atoms with van der Waals surface area (Å²) in [6, 6.07) is 17.6. The minimum absolute atomic E-state index is 0.0751. The average Bonchev–Trinajstić information content (AvgIpc) is 3.54. The third-order valence-corrected chi connectivity index (χ3v) is 8.34. The highest BCUT2D eigenvalue weighted by atomic mass is 32.2. The number of amides is 1. The van der Waals surface area contributed by atoms with Crippen LogP contribution in [0.25, 0.3) is 31.8 Å². The number of carbonyl (C=O) groups excluding carboxylic acids is 2. The maximum atomic E-state index is 13.4. The van der Waals surface area contributed by atoms with Crippen molar-refractivity contribution in [3.63, 3.8) is 0 Å². The lowest BCUT2D eigenvalue weighted by atomic mass is 10.1. The number of thioether (sulfide) groups is 1. The summed E-state index contributed by atoms with van der Waals surface area (Å²) in [4.78, 5) is 35.9. The van der Waals surface area contributed by atoms with Crippen molar-refractivity contribution in [1.82, 2.24) is 9.97 Å². The Balaban J connectivity index is 1.37. The maximum Gasteiger partial charge on any atom is 0.341 e. The molecule has 3 heterocycles. The zero-order valence-electron chi connectivity index (χ0n) is 19.6. The maximum absolute atomic E-state index is 13.4. The molecule has 6 nitrogen and oxygen atoms in total. The first kappa shape index (κ1) is 25.1. The minimum atomic E-state index is -0.483. The van der Waals surface area contributed by atoms with Crippen LogP contribution in [-0.2, 0) is 9.53 Å². The molecule has 0 saturated heterocycles. The first-order valence-corrected chi connectivity index (χ1v) is 14.0. The summed E-state index contributed by atoms with van der Waals surface area (Å²) in [5, 5.41) is 6.76. The fourth-order valence-electron chi connectivity index (χ4n) is 3.68. The van der Waals surface area contributed by atoms with E-state index in [-0.39, 0.29) is 24.1 Å². The van der Waals surface area contributed by atoms with Crippen molar-refractivity contribution in [2.45, 2.75) is 11.9 Å². The number of ether oxygens (including phenoxy) is 1. The van der Waals surface area contributed by atoms with Gasteiger partial charge in [0, 0.05) is 15.8 Å². The van der Waals surface area contributed by atoms with Crippen molar-refractivity contribution < 1.29 is 18.7 Å². The topological polar surface area (TPSA) is 81.2 Å². The number of benzene rings is 2. The molecule has 5 rings (SSSR count). The largest absolute Gasteiger partial charge is 0.462 e. The summed E-state index contributed by atoms with van der Waals surface area (Å²) >= 11 is 4.07. The molecule has 10 heteroatoms. The summed E-state index contributed by atoms with van der Waals surface area (Å²) in [7, 11) is 0. The van der Waals surface area contributed by atoms with Gasteiger partial charge in [0.1, 0.15) is 27.0 Å².